The highest BCUT2D eigenvalue weighted by Gasteiger charge is 1.90. The lowest BCUT2D eigenvalue weighted by Crippen LogP contribution is -2.11. The van der Waals surface area contributed by atoms with Crippen LogP contribution in [0.4, 0.5) is 0 Å². The normalized spacial score (nSPS) is 9.23. The number of ether oxygens (including phenoxy) is 1. The number of carbonyl (C=O) groups is 2. The molecule has 0 saturated carbocycles. The summed E-state index contributed by atoms with van der Waals surface area (Å²) >= 11 is 0. The first-order valence-electron chi connectivity index (χ1n) is 4.64. The van der Waals surface area contributed by atoms with Crippen LogP contribution in [-0.2, 0) is 14.3 Å². The van der Waals surface area contributed by atoms with E-state index in [1.807, 2.05) is 0 Å². The van der Waals surface area contributed by atoms with Crippen molar-refractivity contribution in [2.24, 2.45) is 0 Å². The predicted molar refractivity (Wildman–Crippen MR) is 49.2 cm³/mol. The average molecular weight is 187 g/mol. The van der Waals surface area contributed by atoms with E-state index in [0.29, 0.717) is 13.1 Å². The third-order valence-corrected chi connectivity index (χ3v) is 1.73. The van der Waals surface area contributed by atoms with Crippen LogP contribution in [0.25, 0.3) is 0 Å². The van der Waals surface area contributed by atoms with E-state index in [2.05, 4.69) is 10.1 Å². The quantitative estimate of drug-likeness (QED) is 0.407. The molecule has 0 rings (SSSR count). The summed E-state index contributed by atoms with van der Waals surface area (Å²) in [4.78, 5) is 19.6. The maximum Gasteiger partial charge on any atom is 0.293 e. The van der Waals surface area contributed by atoms with Crippen molar-refractivity contribution in [2.45, 2.75) is 32.1 Å². The van der Waals surface area contributed by atoms with Crippen LogP contribution in [0.1, 0.15) is 32.1 Å². The highest BCUT2D eigenvalue weighted by Crippen LogP contribution is 2.01. The first-order chi connectivity index (χ1) is 6.41. The Hall–Kier alpha value is -1.06. The summed E-state index contributed by atoms with van der Waals surface area (Å²) in [6.45, 7) is 1.76. The van der Waals surface area contributed by atoms with Crippen LogP contribution >= 0.6 is 0 Å². The number of hydrogen-bond donors (Lipinski definition) is 1. The van der Waals surface area contributed by atoms with E-state index < -0.39 is 0 Å². The van der Waals surface area contributed by atoms with E-state index in [1.54, 1.807) is 0 Å². The van der Waals surface area contributed by atoms with Crippen molar-refractivity contribution in [1.82, 2.24) is 5.32 Å². The molecule has 0 unspecified atom stereocenters. The molecule has 0 bridgehead atoms. The van der Waals surface area contributed by atoms with E-state index >= 15 is 0 Å². The largest absolute Gasteiger partial charge is 0.468 e. The van der Waals surface area contributed by atoms with Gasteiger partial charge in [0.2, 0.25) is 6.41 Å². The summed E-state index contributed by atoms with van der Waals surface area (Å²) < 4.78 is 4.54. The van der Waals surface area contributed by atoms with Crippen molar-refractivity contribution in [3.8, 4) is 0 Å². The van der Waals surface area contributed by atoms with Gasteiger partial charge in [0.05, 0.1) is 6.61 Å². The zero-order chi connectivity index (χ0) is 9.78. The van der Waals surface area contributed by atoms with Crippen molar-refractivity contribution in [2.75, 3.05) is 13.2 Å². The van der Waals surface area contributed by atoms with E-state index in [4.69, 9.17) is 0 Å². The molecule has 0 heterocycles. The lowest BCUT2D eigenvalue weighted by atomic mass is 10.1. The van der Waals surface area contributed by atoms with E-state index in [1.165, 1.54) is 0 Å². The summed E-state index contributed by atoms with van der Waals surface area (Å²) in [5.41, 5.74) is 0. The van der Waals surface area contributed by atoms with Gasteiger partial charge in [-0.1, -0.05) is 19.3 Å². The third kappa shape index (κ3) is 10.9. The molecule has 0 aromatic heterocycles. The van der Waals surface area contributed by atoms with E-state index in [0.717, 1.165) is 45.1 Å². The Labute approximate surface area is 78.6 Å². The van der Waals surface area contributed by atoms with Gasteiger partial charge in [0.25, 0.3) is 6.47 Å². The molecule has 13 heavy (non-hydrogen) atoms. The SMILES string of the molecule is O=CNCCCCCCCOC=O. The number of amides is 1. The summed E-state index contributed by atoms with van der Waals surface area (Å²) in [6, 6.07) is 0. The van der Waals surface area contributed by atoms with Gasteiger partial charge in [-0.25, -0.2) is 0 Å². The highest BCUT2D eigenvalue weighted by atomic mass is 16.5. The van der Waals surface area contributed by atoms with Crippen LogP contribution in [0.3, 0.4) is 0 Å². The Morgan fingerprint density at radius 1 is 1.00 bits per heavy atom. The van der Waals surface area contributed by atoms with Crippen LogP contribution in [0, 0.1) is 0 Å². The van der Waals surface area contributed by atoms with Crippen LogP contribution in [-0.4, -0.2) is 26.0 Å². The Balaban J connectivity index is 2.83. The fourth-order valence-corrected chi connectivity index (χ4v) is 1.05. The average Bonchev–Trinajstić information content (AvgIpc) is 2.16. The first-order valence-corrected chi connectivity index (χ1v) is 4.64. The number of unbranched alkanes of at least 4 members (excludes halogenated alkanes) is 4. The Bertz CT molecular complexity index is 114. The standard InChI is InChI=1S/C9H17NO3/c11-8-10-6-4-2-1-3-5-7-13-9-12/h8-9H,1-7H2,(H,10,11). The minimum absolute atomic E-state index is 0.480. The smallest absolute Gasteiger partial charge is 0.293 e. The van der Waals surface area contributed by atoms with Gasteiger partial charge in [0.1, 0.15) is 0 Å². The first kappa shape index (κ1) is 11.9. The molecule has 0 aliphatic heterocycles. The third-order valence-electron chi connectivity index (χ3n) is 1.73. The second-order valence-electron chi connectivity index (χ2n) is 2.81. The summed E-state index contributed by atoms with van der Waals surface area (Å²) in [6.07, 6.45) is 5.99. The Morgan fingerprint density at radius 3 is 2.38 bits per heavy atom. The van der Waals surface area contributed by atoms with Gasteiger partial charge < -0.3 is 10.1 Å². The molecule has 0 saturated heterocycles. The maximum absolute atomic E-state index is 9.85. The Kier molecular flexibility index (Phi) is 10.0. The molecule has 4 heteroatoms. The van der Waals surface area contributed by atoms with Crippen molar-refractivity contribution in [3.63, 3.8) is 0 Å². The van der Waals surface area contributed by atoms with Gasteiger partial charge in [-0.2, -0.15) is 0 Å². The van der Waals surface area contributed by atoms with Crippen molar-refractivity contribution in [3.05, 3.63) is 0 Å². The molecule has 0 atom stereocenters. The molecular weight excluding hydrogens is 170 g/mol. The van der Waals surface area contributed by atoms with Crippen molar-refractivity contribution in [1.29, 1.82) is 0 Å². The Morgan fingerprint density at radius 2 is 1.69 bits per heavy atom. The van der Waals surface area contributed by atoms with Gasteiger partial charge in [-0.3, -0.25) is 9.59 Å². The maximum atomic E-state index is 9.85. The van der Waals surface area contributed by atoms with Gasteiger partial charge >= 0.3 is 0 Å². The second kappa shape index (κ2) is 10.9. The predicted octanol–water partition coefficient (Wildman–Crippen LogP) is 0.856. The van der Waals surface area contributed by atoms with Crippen molar-refractivity contribution >= 4 is 12.9 Å². The van der Waals surface area contributed by atoms with Crippen LogP contribution in [0.2, 0.25) is 0 Å². The molecule has 0 aliphatic carbocycles. The van der Waals surface area contributed by atoms with Crippen LogP contribution < -0.4 is 5.32 Å². The van der Waals surface area contributed by atoms with Gasteiger partial charge in [-0.05, 0) is 12.8 Å². The van der Waals surface area contributed by atoms with Gasteiger partial charge in [-0.15, -0.1) is 0 Å². The van der Waals surface area contributed by atoms with Gasteiger partial charge in [0, 0.05) is 6.54 Å². The topological polar surface area (TPSA) is 55.4 Å². The van der Waals surface area contributed by atoms with E-state index in [9.17, 15) is 9.59 Å². The van der Waals surface area contributed by atoms with Crippen LogP contribution in [0.15, 0.2) is 0 Å². The molecule has 0 aromatic rings. The monoisotopic (exact) mass is 187 g/mol. The molecule has 0 aliphatic rings. The lowest BCUT2D eigenvalue weighted by molar-refractivity contribution is -0.128. The molecule has 76 valence electrons. The lowest BCUT2D eigenvalue weighted by Gasteiger charge is -2.00. The highest BCUT2D eigenvalue weighted by molar-refractivity contribution is 5.45. The number of carbonyl (C=O) groups excluding carboxylic acids is 2. The number of nitrogens with one attached hydrogen (secondary N) is 1. The minimum atomic E-state index is 0.480. The molecule has 0 fully saturated rings. The molecule has 1 N–H and O–H groups in total. The summed E-state index contributed by atoms with van der Waals surface area (Å²) in [7, 11) is 0. The molecule has 0 aromatic carbocycles. The van der Waals surface area contributed by atoms with Crippen molar-refractivity contribution < 1.29 is 14.3 Å². The fourth-order valence-electron chi connectivity index (χ4n) is 1.05. The number of rotatable bonds is 10. The minimum Gasteiger partial charge on any atom is -0.468 e. The second-order valence-corrected chi connectivity index (χ2v) is 2.81. The fraction of sp³-hybridized carbons (Fsp3) is 0.778. The summed E-state index contributed by atoms with van der Waals surface area (Å²) in [5, 5.41) is 2.61. The molecule has 1 amide bonds. The molecular formula is C9H17NO3. The van der Waals surface area contributed by atoms with Gasteiger partial charge in [0.15, 0.2) is 0 Å². The molecule has 0 radical (unpaired) electrons. The molecule has 0 spiro atoms. The molecule has 4 nitrogen and oxygen atoms in total. The zero-order valence-electron chi connectivity index (χ0n) is 7.83. The summed E-state index contributed by atoms with van der Waals surface area (Å²) in [5.74, 6) is 0. The van der Waals surface area contributed by atoms with E-state index in [-0.39, 0.29) is 0 Å². The van der Waals surface area contributed by atoms with Crippen LogP contribution in [0.5, 0.6) is 0 Å². The number of hydrogen-bond acceptors (Lipinski definition) is 3. The zero-order valence-corrected chi connectivity index (χ0v) is 7.83.